The number of hydrazine groups is 2. The fourth-order valence-electron chi connectivity index (χ4n) is 0.541. The largest absolute Gasteiger partial charge is 0.320 e. The highest BCUT2D eigenvalue weighted by molar-refractivity contribution is 5.78. The molecule has 0 amide bonds. The van der Waals surface area contributed by atoms with Crippen LogP contribution in [0.2, 0.25) is 0 Å². The fourth-order valence-corrected chi connectivity index (χ4v) is 0.541. The van der Waals surface area contributed by atoms with Gasteiger partial charge in [0.05, 0.1) is 0 Å². The second-order valence-electron chi connectivity index (χ2n) is 1.79. The number of rotatable bonds is 2. The predicted molar refractivity (Wildman–Crippen MR) is 40.1 cm³/mol. The van der Waals surface area contributed by atoms with E-state index in [1.807, 2.05) is 6.92 Å². The Morgan fingerprint density at radius 3 is 2.60 bits per heavy atom. The van der Waals surface area contributed by atoms with E-state index in [2.05, 4.69) is 10.5 Å². The minimum Gasteiger partial charge on any atom is -0.320 e. The number of hydrogen-bond acceptors (Lipinski definition) is 4. The third-order valence-corrected chi connectivity index (χ3v) is 0.988. The molecule has 10 heavy (non-hydrogen) atoms. The molecule has 0 aliphatic rings. The van der Waals surface area contributed by atoms with E-state index in [-0.39, 0.29) is 5.96 Å². The molecule has 0 aliphatic carbocycles. The molecule has 0 aromatic rings. The van der Waals surface area contributed by atoms with Crippen molar-refractivity contribution in [2.45, 2.75) is 13.3 Å². The van der Waals surface area contributed by atoms with Gasteiger partial charge in [-0.2, -0.15) is 0 Å². The van der Waals surface area contributed by atoms with Crippen LogP contribution in [0.25, 0.3) is 0 Å². The Hall–Kier alpha value is -1.01. The van der Waals surface area contributed by atoms with Crippen LogP contribution in [0.1, 0.15) is 13.3 Å². The van der Waals surface area contributed by atoms with E-state index >= 15 is 0 Å². The summed E-state index contributed by atoms with van der Waals surface area (Å²) in [5.74, 6) is 15.7. The van der Waals surface area contributed by atoms with Crippen molar-refractivity contribution in [2.24, 2.45) is 22.6 Å². The van der Waals surface area contributed by atoms with Gasteiger partial charge in [0.1, 0.15) is 0 Å². The summed E-state index contributed by atoms with van der Waals surface area (Å²) in [4.78, 5) is 0. The number of hydrazone groups is 1. The Balaban J connectivity index is 3.77. The molecule has 0 radical (unpaired) electrons. The molecular formula is C4H14N6. The highest BCUT2D eigenvalue weighted by Crippen LogP contribution is 1.81. The summed E-state index contributed by atoms with van der Waals surface area (Å²) in [6.45, 7) is 2.66. The summed E-state index contributed by atoms with van der Waals surface area (Å²) in [5, 5.41) is 4.65. The molecule has 6 heteroatoms. The topological polar surface area (TPSA) is 106 Å². The summed E-state index contributed by atoms with van der Waals surface area (Å²) in [7, 11) is 0. The Bertz CT molecular complexity index is 110. The molecule has 0 heterocycles. The Labute approximate surface area is 60.0 Å². The predicted octanol–water partition coefficient (Wildman–Crippen LogP) is -1.73. The lowest BCUT2D eigenvalue weighted by Gasteiger charge is -2.17. The van der Waals surface area contributed by atoms with Crippen molar-refractivity contribution in [3.8, 4) is 0 Å². The van der Waals surface area contributed by atoms with Gasteiger partial charge in [0.2, 0.25) is 5.96 Å². The lowest BCUT2D eigenvalue weighted by molar-refractivity contribution is 0.420. The maximum absolute atomic E-state index is 5.43. The third-order valence-electron chi connectivity index (χ3n) is 0.988. The minimum absolute atomic E-state index is 0.279. The average Bonchev–Trinajstić information content (AvgIpc) is 1.91. The van der Waals surface area contributed by atoms with Gasteiger partial charge in [-0.3, -0.25) is 10.4 Å². The molecule has 0 saturated carbocycles. The molecule has 0 spiro atoms. The normalized spacial score (nSPS) is 11.3. The lowest BCUT2D eigenvalue weighted by atomic mass is 10.5. The SMILES string of the molecule is CCCN(N)/C(=N/N)NN. The molecule has 0 aromatic carbocycles. The van der Waals surface area contributed by atoms with Gasteiger partial charge in [-0.25, -0.2) is 11.7 Å². The molecule has 0 aliphatic heterocycles. The van der Waals surface area contributed by atoms with E-state index in [1.54, 1.807) is 0 Å². The van der Waals surface area contributed by atoms with Crippen LogP contribution >= 0.6 is 0 Å². The molecule has 0 fully saturated rings. The molecule has 0 rings (SSSR count). The van der Waals surface area contributed by atoms with E-state index in [1.165, 1.54) is 5.01 Å². The van der Waals surface area contributed by atoms with Crippen LogP contribution in [0.5, 0.6) is 0 Å². The van der Waals surface area contributed by atoms with Gasteiger partial charge in [-0.05, 0) is 6.42 Å². The van der Waals surface area contributed by atoms with E-state index in [0.29, 0.717) is 6.54 Å². The fraction of sp³-hybridized carbons (Fsp3) is 0.750. The monoisotopic (exact) mass is 146 g/mol. The van der Waals surface area contributed by atoms with E-state index in [0.717, 1.165) is 6.42 Å². The van der Waals surface area contributed by atoms with Crippen LogP contribution in [0, 0.1) is 0 Å². The van der Waals surface area contributed by atoms with Gasteiger partial charge in [0.15, 0.2) is 0 Å². The first-order valence-electron chi connectivity index (χ1n) is 3.03. The number of nitrogens with two attached hydrogens (primary N) is 3. The summed E-state index contributed by atoms with van der Waals surface area (Å²) >= 11 is 0. The number of hydrogen-bond donors (Lipinski definition) is 4. The summed E-state index contributed by atoms with van der Waals surface area (Å²) in [5.41, 5.74) is 2.26. The first kappa shape index (κ1) is 8.99. The van der Waals surface area contributed by atoms with Gasteiger partial charge in [0, 0.05) is 6.54 Å². The highest BCUT2D eigenvalue weighted by atomic mass is 15.5. The van der Waals surface area contributed by atoms with Crippen molar-refractivity contribution >= 4 is 5.96 Å². The number of nitrogens with one attached hydrogen (secondary N) is 1. The van der Waals surface area contributed by atoms with E-state index in [4.69, 9.17) is 17.5 Å². The van der Waals surface area contributed by atoms with Crippen molar-refractivity contribution in [1.82, 2.24) is 10.4 Å². The maximum Gasteiger partial charge on any atom is 0.244 e. The van der Waals surface area contributed by atoms with Crippen LogP contribution in [0.15, 0.2) is 5.10 Å². The standard InChI is InChI=1S/C4H14N6/c1-2-3-10(7)4(8-5)9-6/h2-3,5-7H2,1H3,(H,8,9). The van der Waals surface area contributed by atoms with E-state index < -0.39 is 0 Å². The van der Waals surface area contributed by atoms with E-state index in [9.17, 15) is 0 Å². The van der Waals surface area contributed by atoms with Crippen molar-refractivity contribution in [3.05, 3.63) is 0 Å². The Kier molecular flexibility index (Phi) is 4.34. The first-order valence-corrected chi connectivity index (χ1v) is 3.03. The second kappa shape index (κ2) is 4.83. The average molecular weight is 146 g/mol. The molecule has 0 aromatic heterocycles. The van der Waals surface area contributed by atoms with Gasteiger partial charge in [-0.15, -0.1) is 5.10 Å². The summed E-state index contributed by atoms with van der Waals surface area (Å²) in [6, 6.07) is 0. The summed E-state index contributed by atoms with van der Waals surface area (Å²) in [6.07, 6.45) is 0.914. The Morgan fingerprint density at radius 1 is 1.70 bits per heavy atom. The minimum atomic E-state index is 0.279. The van der Waals surface area contributed by atoms with Crippen LogP contribution in [-0.2, 0) is 0 Å². The van der Waals surface area contributed by atoms with Crippen LogP contribution in [-0.4, -0.2) is 17.5 Å². The van der Waals surface area contributed by atoms with Crippen LogP contribution in [0.3, 0.4) is 0 Å². The molecular weight excluding hydrogens is 132 g/mol. The van der Waals surface area contributed by atoms with Gasteiger partial charge >= 0.3 is 0 Å². The van der Waals surface area contributed by atoms with Crippen molar-refractivity contribution in [1.29, 1.82) is 0 Å². The molecule has 7 N–H and O–H groups in total. The second-order valence-corrected chi connectivity index (χ2v) is 1.79. The number of nitrogens with zero attached hydrogens (tertiary/aromatic N) is 2. The zero-order valence-corrected chi connectivity index (χ0v) is 6.04. The molecule has 6 nitrogen and oxygen atoms in total. The highest BCUT2D eigenvalue weighted by Gasteiger charge is 2.01. The van der Waals surface area contributed by atoms with Crippen LogP contribution < -0.4 is 23.0 Å². The molecule has 0 saturated heterocycles. The molecule has 0 unspecified atom stereocenters. The third kappa shape index (κ3) is 2.51. The Morgan fingerprint density at radius 2 is 2.30 bits per heavy atom. The van der Waals surface area contributed by atoms with Crippen molar-refractivity contribution < 1.29 is 0 Å². The van der Waals surface area contributed by atoms with Gasteiger partial charge in [-0.1, -0.05) is 6.92 Å². The lowest BCUT2D eigenvalue weighted by Crippen LogP contribution is -2.49. The smallest absolute Gasteiger partial charge is 0.244 e. The maximum atomic E-state index is 5.43. The number of guanidine groups is 1. The molecule has 0 bridgehead atoms. The zero-order valence-electron chi connectivity index (χ0n) is 6.04. The van der Waals surface area contributed by atoms with Crippen molar-refractivity contribution in [2.75, 3.05) is 6.54 Å². The van der Waals surface area contributed by atoms with Crippen LogP contribution in [0.4, 0.5) is 0 Å². The first-order chi connectivity index (χ1) is 4.76. The zero-order chi connectivity index (χ0) is 7.98. The van der Waals surface area contributed by atoms with Gasteiger partial charge < -0.3 is 5.84 Å². The summed E-state index contributed by atoms with van der Waals surface area (Å²) < 4.78 is 0. The van der Waals surface area contributed by atoms with Crippen molar-refractivity contribution in [3.63, 3.8) is 0 Å². The van der Waals surface area contributed by atoms with Gasteiger partial charge in [0.25, 0.3) is 0 Å². The molecule has 60 valence electrons. The molecule has 0 atom stereocenters. The quantitative estimate of drug-likeness (QED) is 0.160.